The second kappa shape index (κ2) is 6.63. The number of hydrogen-bond acceptors (Lipinski definition) is 2. The van der Waals surface area contributed by atoms with Crippen LogP contribution >= 0.6 is 34.8 Å². The van der Waals surface area contributed by atoms with Gasteiger partial charge in [0, 0.05) is 33.2 Å². The molecule has 1 heterocycles. The quantitative estimate of drug-likeness (QED) is 0.855. The lowest BCUT2D eigenvalue weighted by molar-refractivity contribution is -0.126. The normalized spacial score (nSPS) is 16.2. The molecule has 1 aliphatic rings. The van der Waals surface area contributed by atoms with Crippen LogP contribution in [0.3, 0.4) is 0 Å². The van der Waals surface area contributed by atoms with E-state index in [1.807, 2.05) is 0 Å². The molecule has 1 atom stereocenters. The third-order valence-corrected chi connectivity index (χ3v) is 4.62. The van der Waals surface area contributed by atoms with Crippen molar-refractivity contribution in [3.8, 4) is 0 Å². The zero-order valence-corrected chi connectivity index (χ0v) is 14.9. The van der Waals surface area contributed by atoms with Gasteiger partial charge in [-0.15, -0.1) is 0 Å². The van der Waals surface area contributed by atoms with Crippen molar-refractivity contribution < 1.29 is 9.59 Å². The number of hydrogen-bond donors (Lipinski definition) is 1. The summed E-state index contributed by atoms with van der Waals surface area (Å²) in [6.07, 6.45) is 0. The van der Waals surface area contributed by atoms with Gasteiger partial charge in [-0.25, -0.2) is 0 Å². The maximum Gasteiger partial charge on any atom is 0.254 e. The summed E-state index contributed by atoms with van der Waals surface area (Å²) in [5, 5.41) is 4.18. The van der Waals surface area contributed by atoms with Crippen molar-refractivity contribution in [2.45, 2.75) is 19.5 Å². The molecule has 0 unspecified atom stereocenters. The Bertz CT molecular complexity index is 839. The Kier molecular flexibility index (Phi) is 4.72. The highest BCUT2D eigenvalue weighted by Gasteiger charge is 2.38. The van der Waals surface area contributed by atoms with Gasteiger partial charge < -0.3 is 10.2 Å². The lowest BCUT2D eigenvalue weighted by Crippen LogP contribution is -2.36. The zero-order valence-electron chi connectivity index (χ0n) is 12.6. The number of carbonyl (C=O) groups is 2. The largest absolute Gasteiger partial charge is 0.341 e. The molecule has 0 radical (unpaired) electrons. The van der Waals surface area contributed by atoms with Crippen LogP contribution in [0.2, 0.25) is 15.1 Å². The van der Waals surface area contributed by atoms with E-state index in [2.05, 4.69) is 5.32 Å². The molecule has 0 fully saturated rings. The summed E-state index contributed by atoms with van der Waals surface area (Å²) in [6, 6.07) is 9.55. The summed E-state index contributed by atoms with van der Waals surface area (Å²) in [7, 11) is 0. The molecule has 0 saturated carbocycles. The van der Waals surface area contributed by atoms with Crippen LogP contribution in [-0.4, -0.2) is 11.8 Å². The molecular formula is C17H13Cl3N2O2. The molecule has 24 heavy (non-hydrogen) atoms. The van der Waals surface area contributed by atoms with Gasteiger partial charge in [-0.1, -0.05) is 40.9 Å². The van der Waals surface area contributed by atoms with Gasteiger partial charge in [0.25, 0.3) is 5.91 Å². The van der Waals surface area contributed by atoms with E-state index in [1.54, 1.807) is 41.3 Å². The fraction of sp³-hybridized carbons (Fsp3) is 0.176. The van der Waals surface area contributed by atoms with E-state index < -0.39 is 6.04 Å². The van der Waals surface area contributed by atoms with Crippen LogP contribution in [0.1, 0.15) is 24.1 Å². The van der Waals surface area contributed by atoms with Crippen LogP contribution < -0.4 is 10.2 Å². The number of fused-ring (bicyclic) bond motifs is 1. The molecule has 0 saturated heterocycles. The summed E-state index contributed by atoms with van der Waals surface area (Å²) >= 11 is 18.2. The Labute approximate surface area is 154 Å². The minimum atomic E-state index is -0.748. The third kappa shape index (κ3) is 3.22. The number of benzene rings is 2. The van der Waals surface area contributed by atoms with Gasteiger partial charge >= 0.3 is 0 Å². The average molecular weight is 384 g/mol. The van der Waals surface area contributed by atoms with Gasteiger partial charge in [0.05, 0.1) is 6.54 Å². The van der Waals surface area contributed by atoms with E-state index in [4.69, 9.17) is 34.8 Å². The lowest BCUT2D eigenvalue weighted by atomic mass is 10.1. The highest BCUT2D eigenvalue weighted by Crippen LogP contribution is 2.39. The van der Waals surface area contributed by atoms with Gasteiger partial charge in [-0.3, -0.25) is 9.59 Å². The van der Waals surface area contributed by atoms with Crippen LogP contribution in [0, 0.1) is 0 Å². The maximum atomic E-state index is 12.8. The Hall–Kier alpha value is -1.75. The number of carbonyl (C=O) groups excluding carboxylic acids is 2. The predicted octanol–water partition coefficient (Wildman–Crippen LogP) is 4.37. The van der Waals surface area contributed by atoms with E-state index in [-0.39, 0.29) is 18.4 Å². The van der Waals surface area contributed by atoms with E-state index in [0.29, 0.717) is 26.3 Å². The number of halogens is 3. The van der Waals surface area contributed by atoms with Crippen molar-refractivity contribution in [1.29, 1.82) is 0 Å². The van der Waals surface area contributed by atoms with Crippen molar-refractivity contribution in [3.05, 3.63) is 62.6 Å². The zero-order chi connectivity index (χ0) is 17.4. The SMILES string of the molecule is CC(=O)N[C@@H]1C(=O)N(Cc2ccc(Cl)cc2Cl)c2ccc(Cl)cc21. The van der Waals surface area contributed by atoms with Crippen molar-refractivity contribution in [1.82, 2.24) is 5.32 Å². The van der Waals surface area contributed by atoms with E-state index >= 15 is 0 Å². The molecule has 124 valence electrons. The summed E-state index contributed by atoms with van der Waals surface area (Å²) in [5.41, 5.74) is 2.14. The van der Waals surface area contributed by atoms with Crippen LogP contribution in [0.15, 0.2) is 36.4 Å². The molecule has 3 rings (SSSR count). The first-order chi connectivity index (χ1) is 11.4. The maximum absolute atomic E-state index is 12.8. The van der Waals surface area contributed by atoms with Crippen LogP contribution in [-0.2, 0) is 16.1 Å². The second-order valence-corrected chi connectivity index (χ2v) is 6.78. The van der Waals surface area contributed by atoms with Crippen molar-refractivity contribution in [2.24, 2.45) is 0 Å². The molecule has 0 bridgehead atoms. The Morgan fingerprint density at radius 1 is 1.12 bits per heavy atom. The molecule has 1 N–H and O–H groups in total. The standard InChI is InChI=1S/C17H13Cl3N2O2/c1-9(23)21-16-13-6-11(18)4-5-15(13)22(17(16)24)8-10-2-3-12(19)7-14(10)20/h2-7,16H,8H2,1H3,(H,21,23)/t16-/m0/s1. The fourth-order valence-electron chi connectivity index (χ4n) is 2.74. The van der Waals surface area contributed by atoms with Crippen molar-refractivity contribution >= 4 is 52.3 Å². The molecule has 7 heteroatoms. The van der Waals surface area contributed by atoms with Crippen LogP contribution in [0.25, 0.3) is 0 Å². The molecule has 4 nitrogen and oxygen atoms in total. The number of amides is 2. The summed E-state index contributed by atoms with van der Waals surface area (Å²) in [4.78, 5) is 25.8. The van der Waals surface area contributed by atoms with E-state index in [9.17, 15) is 9.59 Å². The predicted molar refractivity (Wildman–Crippen MR) is 95.7 cm³/mol. The summed E-state index contributed by atoms with van der Waals surface area (Å²) < 4.78 is 0. The third-order valence-electron chi connectivity index (χ3n) is 3.80. The first-order valence-corrected chi connectivity index (χ1v) is 8.32. The Morgan fingerprint density at radius 2 is 1.79 bits per heavy atom. The summed E-state index contributed by atoms with van der Waals surface area (Å²) in [5.74, 6) is -0.515. The van der Waals surface area contributed by atoms with Gasteiger partial charge in [-0.05, 0) is 35.9 Å². The van der Waals surface area contributed by atoms with Crippen molar-refractivity contribution in [2.75, 3.05) is 4.90 Å². The molecule has 2 aromatic rings. The average Bonchev–Trinajstić information content (AvgIpc) is 2.74. The van der Waals surface area contributed by atoms with Crippen molar-refractivity contribution in [3.63, 3.8) is 0 Å². The first-order valence-electron chi connectivity index (χ1n) is 7.18. The minimum absolute atomic E-state index is 0.228. The number of nitrogens with one attached hydrogen (secondary N) is 1. The molecule has 0 aromatic heterocycles. The highest BCUT2D eigenvalue weighted by molar-refractivity contribution is 6.35. The second-order valence-electron chi connectivity index (χ2n) is 5.50. The molecule has 2 aromatic carbocycles. The first kappa shape index (κ1) is 17.1. The monoisotopic (exact) mass is 382 g/mol. The highest BCUT2D eigenvalue weighted by atomic mass is 35.5. The molecule has 1 aliphatic heterocycles. The Balaban J connectivity index is 1.99. The molecule has 2 amide bonds. The van der Waals surface area contributed by atoms with Gasteiger partial charge in [0.1, 0.15) is 6.04 Å². The molecular weight excluding hydrogens is 371 g/mol. The Morgan fingerprint density at radius 3 is 2.46 bits per heavy atom. The van der Waals surface area contributed by atoms with Gasteiger partial charge in [0.2, 0.25) is 5.91 Å². The van der Waals surface area contributed by atoms with Crippen LogP contribution in [0.4, 0.5) is 5.69 Å². The molecule has 0 spiro atoms. The lowest BCUT2D eigenvalue weighted by Gasteiger charge is -2.19. The minimum Gasteiger partial charge on any atom is -0.341 e. The fourth-order valence-corrected chi connectivity index (χ4v) is 3.38. The number of nitrogens with zero attached hydrogens (tertiary/aromatic N) is 1. The number of anilines is 1. The van der Waals surface area contributed by atoms with Gasteiger partial charge in [-0.2, -0.15) is 0 Å². The summed E-state index contributed by atoms with van der Waals surface area (Å²) in [6.45, 7) is 1.65. The van der Waals surface area contributed by atoms with Gasteiger partial charge in [0.15, 0.2) is 0 Å². The molecule has 0 aliphatic carbocycles. The van der Waals surface area contributed by atoms with Crippen LogP contribution in [0.5, 0.6) is 0 Å². The number of rotatable bonds is 3. The smallest absolute Gasteiger partial charge is 0.254 e. The van der Waals surface area contributed by atoms with E-state index in [0.717, 1.165) is 5.56 Å². The van der Waals surface area contributed by atoms with E-state index in [1.165, 1.54) is 6.92 Å². The topological polar surface area (TPSA) is 49.4 Å².